The van der Waals surface area contributed by atoms with Crippen molar-refractivity contribution in [2.24, 2.45) is 5.92 Å². The average molecular weight is 112 g/mol. The number of hydrogen-bond donors (Lipinski definition) is 1. The largest absolute Gasteiger partial charge is 0.310 e. The lowest BCUT2D eigenvalue weighted by atomic mass is 9.99. The van der Waals surface area contributed by atoms with Crippen LogP contribution in [0.2, 0.25) is 0 Å². The third kappa shape index (κ3) is 2.10. The average Bonchev–Trinajstić information content (AvgIpc) is 1.69. The van der Waals surface area contributed by atoms with Crippen LogP contribution in [0.3, 0.4) is 0 Å². The normalized spacial score (nSPS) is 10.0. The Kier molecular flexibility index (Phi) is 3.49. The molecule has 1 heteroatoms. The molecular weight excluding hydrogens is 98.1 g/mol. The summed E-state index contributed by atoms with van der Waals surface area (Å²) in [5.41, 5.74) is 0.766. The van der Waals surface area contributed by atoms with E-state index in [-0.39, 0.29) is 0 Å². The number of nitrogens with one attached hydrogen (secondary N) is 1. The van der Waals surface area contributed by atoms with Crippen LogP contribution in [-0.2, 0) is 0 Å². The van der Waals surface area contributed by atoms with Gasteiger partial charge in [0.05, 0.1) is 0 Å². The lowest BCUT2D eigenvalue weighted by Crippen LogP contribution is -2.06. The van der Waals surface area contributed by atoms with Crippen molar-refractivity contribution in [2.45, 2.75) is 26.7 Å². The van der Waals surface area contributed by atoms with Gasteiger partial charge in [-0.05, 0) is 25.7 Å². The van der Waals surface area contributed by atoms with E-state index in [1.54, 1.807) is 0 Å². The summed E-state index contributed by atoms with van der Waals surface area (Å²) in [6.07, 6.45) is 1.92. The van der Waals surface area contributed by atoms with E-state index in [9.17, 15) is 0 Å². The van der Waals surface area contributed by atoms with E-state index >= 15 is 0 Å². The highest BCUT2D eigenvalue weighted by molar-refractivity contribution is 5.81. The van der Waals surface area contributed by atoms with Gasteiger partial charge < -0.3 is 5.41 Å². The molecular formula is C7H14N. The maximum absolute atomic E-state index is 7.21. The van der Waals surface area contributed by atoms with Gasteiger partial charge >= 0.3 is 0 Å². The first-order valence-electron chi connectivity index (χ1n) is 3.06. The van der Waals surface area contributed by atoms with Crippen molar-refractivity contribution in [3.8, 4) is 0 Å². The maximum Gasteiger partial charge on any atom is 0.00890 e. The third-order valence-corrected chi connectivity index (χ3v) is 1.45. The van der Waals surface area contributed by atoms with Gasteiger partial charge in [0, 0.05) is 5.71 Å². The summed E-state index contributed by atoms with van der Waals surface area (Å²) >= 11 is 0. The van der Waals surface area contributed by atoms with Gasteiger partial charge in [0.25, 0.3) is 0 Å². The van der Waals surface area contributed by atoms with Gasteiger partial charge in [0.2, 0.25) is 0 Å². The van der Waals surface area contributed by atoms with Crippen LogP contribution < -0.4 is 0 Å². The van der Waals surface area contributed by atoms with Crippen LogP contribution in [0.4, 0.5) is 0 Å². The van der Waals surface area contributed by atoms with Crippen molar-refractivity contribution in [3.05, 3.63) is 6.92 Å². The second-order valence-electron chi connectivity index (χ2n) is 2.08. The first-order chi connectivity index (χ1) is 3.72. The lowest BCUT2D eigenvalue weighted by molar-refractivity contribution is 0.668. The number of hydrogen-bond acceptors (Lipinski definition) is 1. The quantitative estimate of drug-likeness (QED) is 0.541. The standard InChI is InChI=1S/C7H14N/c1-4-7(5-2)6(3)8/h7-8H,1,4-5H2,2-3H3. The fraction of sp³-hybridized carbons (Fsp3) is 0.714. The van der Waals surface area contributed by atoms with Crippen LogP contribution in [0, 0.1) is 18.3 Å². The molecule has 0 spiro atoms. The minimum absolute atomic E-state index is 0.426. The fourth-order valence-corrected chi connectivity index (χ4v) is 0.727. The van der Waals surface area contributed by atoms with Crippen LogP contribution in [-0.4, -0.2) is 5.71 Å². The lowest BCUT2D eigenvalue weighted by Gasteiger charge is -2.07. The van der Waals surface area contributed by atoms with Crippen molar-refractivity contribution in [2.75, 3.05) is 0 Å². The predicted molar refractivity (Wildman–Crippen MR) is 37.2 cm³/mol. The van der Waals surface area contributed by atoms with Gasteiger partial charge in [0.15, 0.2) is 0 Å². The van der Waals surface area contributed by atoms with Crippen LogP contribution in [0.15, 0.2) is 0 Å². The van der Waals surface area contributed by atoms with E-state index in [2.05, 4.69) is 13.8 Å². The molecule has 0 aliphatic carbocycles. The SMILES string of the molecule is [CH2]CC(CC)C(C)=N. The molecule has 0 saturated carbocycles. The van der Waals surface area contributed by atoms with Gasteiger partial charge in [-0.3, -0.25) is 0 Å². The summed E-state index contributed by atoms with van der Waals surface area (Å²) in [5, 5.41) is 7.21. The molecule has 0 aromatic carbocycles. The van der Waals surface area contributed by atoms with Gasteiger partial charge in [-0.15, -0.1) is 0 Å². The van der Waals surface area contributed by atoms with Crippen molar-refractivity contribution in [3.63, 3.8) is 0 Å². The molecule has 0 rings (SSSR count). The molecule has 0 heterocycles. The monoisotopic (exact) mass is 112 g/mol. The minimum Gasteiger partial charge on any atom is -0.310 e. The Morgan fingerprint density at radius 3 is 2.25 bits per heavy atom. The van der Waals surface area contributed by atoms with Crippen LogP contribution >= 0.6 is 0 Å². The van der Waals surface area contributed by atoms with E-state index in [0.717, 1.165) is 18.6 Å². The summed E-state index contributed by atoms with van der Waals surface area (Å²) in [6.45, 7) is 7.68. The van der Waals surface area contributed by atoms with E-state index in [1.807, 2.05) is 6.92 Å². The van der Waals surface area contributed by atoms with Gasteiger partial charge in [-0.25, -0.2) is 0 Å². The highest BCUT2D eigenvalue weighted by Gasteiger charge is 2.02. The molecule has 1 nitrogen and oxygen atoms in total. The summed E-state index contributed by atoms with van der Waals surface area (Å²) in [5.74, 6) is 0.426. The Labute approximate surface area is 51.6 Å². The summed E-state index contributed by atoms with van der Waals surface area (Å²) in [7, 11) is 0. The van der Waals surface area contributed by atoms with E-state index in [1.165, 1.54) is 0 Å². The topological polar surface area (TPSA) is 23.9 Å². The Hall–Kier alpha value is -0.330. The second-order valence-corrected chi connectivity index (χ2v) is 2.08. The molecule has 1 unspecified atom stereocenters. The first kappa shape index (κ1) is 7.67. The molecule has 47 valence electrons. The molecule has 0 bridgehead atoms. The van der Waals surface area contributed by atoms with Gasteiger partial charge in [-0.1, -0.05) is 13.8 Å². The molecule has 0 amide bonds. The fourth-order valence-electron chi connectivity index (χ4n) is 0.727. The molecule has 0 saturated heterocycles. The van der Waals surface area contributed by atoms with Crippen molar-refractivity contribution in [1.29, 1.82) is 5.41 Å². The molecule has 1 radical (unpaired) electrons. The van der Waals surface area contributed by atoms with E-state index < -0.39 is 0 Å². The Morgan fingerprint density at radius 1 is 1.75 bits per heavy atom. The summed E-state index contributed by atoms with van der Waals surface area (Å²) in [4.78, 5) is 0. The molecule has 8 heavy (non-hydrogen) atoms. The third-order valence-electron chi connectivity index (χ3n) is 1.45. The molecule has 0 aliphatic heterocycles. The van der Waals surface area contributed by atoms with Gasteiger partial charge in [-0.2, -0.15) is 0 Å². The Bertz CT molecular complexity index is 72.5. The van der Waals surface area contributed by atoms with Crippen molar-refractivity contribution in [1.82, 2.24) is 0 Å². The Balaban J connectivity index is 3.52. The van der Waals surface area contributed by atoms with Crippen molar-refractivity contribution < 1.29 is 0 Å². The maximum atomic E-state index is 7.21. The van der Waals surface area contributed by atoms with E-state index in [0.29, 0.717) is 5.92 Å². The van der Waals surface area contributed by atoms with Crippen LogP contribution in [0.5, 0.6) is 0 Å². The van der Waals surface area contributed by atoms with Crippen LogP contribution in [0.25, 0.3) is 0 Å². The van der Waals surface area contributed by atoms with E-state index in [4.69, 9.17) is 5.41 Å². The minimum atomic E-state index is 0.426. The van der Waals surface area contributed by atoms with Crippen molar-refractivity contribution >= 4 is 5.71 Å². The summed E-state index contributed by atoms with van der Waals surface area (Å²) in [6, 6.07) is 0. The summed E-state index contributed by atoms with van der Waals surface area (Å²) < 4.78 is 0. The Morgan fingerprint density at radius 2 is 2.25 bits per heavy atom. The molecule has 1 N–H and O–H groups in total. The molecule has 0 aromatic rings. The highest BCUT2D eigenvalue weighted by Crippen LogP contribution is 2.07. The molecule has 0 fully saturated rings. The predicted octanol–water partition coefficient (Wildman–Crippen LogP) is 2.28. The zero-order valence-electron chi connectivity index (χ0n) is 5.70. The second kappa shape index (κ2) is 3.65. The zero-order chi connectivity index (χ0) is 6.57. The number of rotatable bonds is 3. The van der Waals surface area contributed by atoms with Crippen LogP contribution in [0.1, 0.15) is 26.7 Å². The molecule has 0 aliphatic rings. The van der Waals surface area contributed by atoms with Gasteiger partial charge in [0.1, 0.15) is 0 Å². The molecule has 0 aromatic heterocycles. The smallest absolute Gasteiger partial charge is 0.00890 e. The first-order valence-corrected chi connectivity index (χ1v) is 3.06. The molecule has 1 atom stereocenters. The zero-order valence-corrected chi connectivity index (χ0v) is 5.70. The highest BCUT2D eigenvalue weighted by atomic mass is 14.4.